The van der Waals surface area contributed by atoms with Gasteiger partial charge in [0.15, 0.2) is 0 Å². The summed E-state index contributed by atoms with van der Waals surface area (Å²) in [5.41, 5.74) is 5.94. The summed E-state index contributed by atoms with van der Waals surface area (Å²) in [7, 11) is 0. The molecular weight excluding hydrogens is 328 g/mol. The second-order valence-corrected chi connectivity index (χ2v) is 5.42. The number of amides is 2. The second-order valence-electron chi connectivity index (χ2n) is 5.42. The maximum atomic E-state index is 13.6. The molecule has 0 unspecified atom stereocenters. The predicted molar refractivity (Wildman–Crippen MR) is 86.0 cm³/mol. The van der Waals surface area contributed by atoms with E-state index in [1.807, 2.05) is 6.07 Å². The summed E-state index contributed by atoms with van der Waals surface area (Å²) >= 11 is 0. The van der Waals surface area contributed by atoms with Gasteiger partial charge in [-0.2, -0.15) is 5.26 Å². The summed E-state index contributed by atoms with van der Waals surface area (Å²) in [6, 6.07) is 10.7. The average Bonchev–Trinajstić information content (AvgIpc) is 2.58. The van der Waals surface area contributed by atoms with E-state index < -0.39 is 35.9 Å². The number of nitriles is 1. The Bertz CT molecular complexity index is 826. The first-order valence-corrected chi connectivity index (χ1v) is 7.41. The first kappa shape index (κ1) is 18.1. The molecule has 7 heteroatoms. The smallest absolute Gasteiger partial charge is 0.240 e. The van der Waals surface area contributed by atoms with Gasteiger partial charge in [-0.3, -0.25) is 9.59 Å². The highest BCUT2D eigenvalue weighted by Crippen LogP contribution is 2.13. The van der Waals surface area contributed by atoms with Crippen molar-refractivity contribution >= 4 is 11.8 Å². The van der Waals surface area contributed by atoms with Gasteiger partial charge in [0.05, 0.1) is 18.1 Å². The molecule has 2 amide bonds. The van der Waals surface area contributed by atoms with Crippen molar-refractivity contribution in [3.8, 4) is 6.07 Å². The fourth-order valence-electron chi connectivity index (χ4n) is 2.33. The van der Waals surface area contributed by atoms with Crippen LogP contribution in [-0.2, 0) is 22.4 Å². The van der Waals surface area contributed by atoms with Crippen LogP contribution in [0.25, 0.3) is 0 Å². The molecule has 2 rings (SSSR count). The van der Waals surface area contributed by atoms with Crippen molar-refractivity contribution in [2.24, 2.45) is 5.73 Å². The minimum absolute atomic E-state index is 0.0658. The van der Waals surface area contributed by atoms with Crippen molar-refractivity contribution in [2.45, 2.75) is 18.9 Å². The van der Waals surface area contributed by atoms with Gasteiger partial charge in [0.2, 0.25) is 11.8 Å². The summed E-state index contributed by atoms with van der Waals surface area (Å²) in [5.74, 6) is -3.20. The van der Waals surface area contributed by atoms with Gasteiger partial charge in [0.25, 0.3) is 0 Å². The Balaban J connectivity index is 2.09. The summed E-state index contributed by atoms with van der Waals surface area (Å²) in [4.78, 5) is 23.6. The lowest BCUT2D eigenvalue weighted by molar-refractivity contribution is -0.127. The Labute approximate surface area is 143 Å². The lowest BCUT2D eigenvalue weighted by Crippen LogP contribution is -2.46. The van der Waals surface area contributed by atoms with Crippen molar-refractivity contribution < 1.29 is 18.4 Å². The Morgan fingerprint density at radius 1 is 1.16 bits per heavy atom. The molecule has 0 aliphatic carbocycles. The van der Waals surface area contributed by atoms with E-state index in [9.17, 15) is 18.4 Å². The zero-order chi connectivity index (χ0) is 18.4. The number of benzene rings is 2. The molecule has 0 heterocycles. The number of carbonyl (C=O) groups excluding carboxylic acids is 2. The molecule has 2 aromatic rings. The van der Waals surface area contributed by atoms with Crippen molar-refractivity contribution in [1.29, 1.82) is 5.26 Å². The number of hydrogen-bond acceptors (Lipinski definition) is 3. The third kappa shape index (κ3) is 4.85. The van der Waals surface area contributed by atoms with E-state index in [0.29, 0.717) is 11.1 Å². The van der Waals surface area contributed by atoms with Crippen molar-refractivity contribution in [3.05, 3.63) is 70.8 Å². The lowest BCUT2D eigenvalue weighted by Gasteiger charge is -2.16. The molecule has 0 radical (unpaired) electrons. The number of halogens is 2. The average molecular weight is 343 g/mol. The first-order valence-electron chi connectivity index (χ1n) is 7.41. The van der Waals surface area contributed by atoms with Crippen LogP contribution in [0.2, 0.25) is 0 Å². The van der Waals surface area contributed by atoms with Crippen LogP contribution in [0.1, 0.15) is 16.7 Å². The second kappa shape index (κ2) is 8.02. The number of nitrogens with two attached hydrogens (primary N) is 1. The predicted octanol–water partition coefficient (Wildman–Crippen LogP) is 1.59. The maximum Gasteiger partial charge on any atom is 0.240 e. The molecule has 0 bridgehead atoms. The quantitative estimate of drug-likeness (QED) is 0.834. The van der Waals surface area contributed by atoms with E-state index in [4.69, 9.17) is 11.0 Å². The van der Waals surface area contributed by atoms with E-state index in [0.717, 1.165) is 12.1 Å². The van der Waals surface area contributed by atoms with E-state index in [-0.39, 0.29) is 12.0 Å². The normalized spacial score (nSPS) is 11.4. The van der Waals surface area contributed by atoms with Crippen LogP contribution in [0.5, 0.6) is 0 Å². The molecule has 0 aliphatic rings. The van der Waals surface area contributed by atoms with Gasteiger partial charge in [-0.15, -0.1) is 0 Å². The molecule has 1 atom stereocenters. The third-order valence-corrected chi connectivity index (χ3v) is 3.57. The SMILES string of the molecule is N#Cc1cccc(C[C@@H](NC(=O)Cc2c(F)cccc2F)C(N)=O)c1. The highest BCUT2D eigenvalue weighted by atomic mass is 19.1. The van der Waals surface area contributed by atoms with Crippen LogP contribution < -0.4 is 11.1 Å². The van der Waals surface area contributed by atoms with Crippen LogP contribution in [0.15, 0.2) is 42.5 Å². The highest BCUT2D eigenvalue weighted by molar-refractivity contribution is 5.87. The molecule has 0 saturated heterocycles. The zero-order valence-electron chi connectivity index (χ0n) is 13.1. The standard InChI is InChI=1S/C18H15F2N3O2/c19-14-5-2-6-15(20)13(14)9-17(24)23-16(18(22)25)8-11-3-1-4-12(7-11)10-21/h1-7,16H,8-9H2,(H2,22,25)(H,23,24)/t16-/m1/s1. The number of rotatable bonds is 6. The topological polar surface area (TPSA) is 96.0 Å². The minimum Gasteiger partial charge on any atom is -0.368 e. The number of primary amides is 1. The van der Waals surface area contributed by atoms with E-state index in [2.05, 4.69) is 5.32 Å². The Morgan fingerprint density at radius 2 is 1.80 bits per heavy atom. The van der Waals surface area contributed by atoms with Gasteiger partial charge < -0.3 is 11.1 Å². The van der Waals surface area contributed by atoms with E-state index >= 15 is 0 Å². The van der Waals surface area contributed by atoms with Crippen molar-refractivity contribution in [1.82, 2.24) is 5.32 Å². The van der Waals surface area contributed by atoms with Crippen molar-refractivity contribution in [2.75, 3.05) is 0 Å². The summed E-state index contributed by atoms with van der Waals surface area (Å²) < 4.78 is 27.2. The van der Waals surface area contributed by atoms with Gasteiger partial charge in [-0.25, -0.2) is 8.78 Å². The summed E-state index contributed by atoms with van der Waals surface area (Å²) in [6.45, 7) is 0. The maximum absolute atomic E-state index is 13.6. The van der Waals surface area contributed by atoms with Gasteiger partial charge in [0, 0.05) is 12.0 Å². The van der Waals surface area contributed by atoms with Gasteiger partial charge in [-0.05, 0) is 29.8 Å². The molecule has 0 aromatic heterocycles. The number of nitrogens with zero attached hydrogens (tertiary/aromatic N) is 1. The molecule has 128 valence electrons. The fourth-order valence-corrected chi connectivity index (χ4v) is 2.33. The fraction of sp³-hybridized carbons (Fsp3) is 0.167. The van der Waals surface area contributed by atoms with Crippen LogP contribution in [-0.4, -0.2) is 17.9 Å². The van der Waals surface area contributed by atoms with Crippen LogP contribution in [0.3, 0.4) is 0 Å². The first-order chi connectivity index (χ1) is 11.9. The van der Waals surface area contributed by atoms with E-state index in [1.165, 1.54) is 6.07 Å². The minimum atomic E-state index is -1.06. The zero-order valence-corrected chi connectivity index (χ0v) is 13.1. The molecule has 25 heavy (non-hydrogen) atoms. The Morgan fingerprint density at radius 3 is 2.40 bits per heavy atom. The highest BCUT2D eigenvalue weighted by Gasteiger charge is 2.21. The molecule has 5 nitrogen and oxygen atoms in total. The van der Waals surface area contributed by atoms with E-state index in [1.54, 1.807) is 24.3 Å². The number of hydrogen-bond donors (Lipinski definition) is 2. The van der Waals surface area contributed by atoms with Gasteiger partial charge >= 0.3 is 0 Å². The molecule has 3 N–H and O–H groups in total. The summed E-state index contributed by atoms with van der Waals surface area (Å²) in [5, 5.41) is 11.3. The molecule has 0 aliphatic heterocycles. The molecular formula is C18H15F2N3O2. The largest absolute Gasteiger partial charge is 0.368 e. The number of nitrogens with one attached hydrogen (secondary N) is 1. The van der Waals surface area contributed by atoms with Gasteiger partial charge in [0.1, 0.15) is 17.7 Å². The third-order valence-electron chi connectivity index (χ3n) is 3.57. The molecule has 2 aromatic carbocycles. The lowest BCUT2D eigenvalue weighted by atomic mass is 10.0. The van der Waals surface area contributed by atoms with Crippen LogP contribution in [0, 0.1) is 23.0 Å². The van der Waals surface area contributed by atoms with Crippen LogP contribution >= 0.6 is 0 Å². The van der Waals surface area contributed by atoms with Gasteiger partial charge in [-0.1, -0.05) is 18.2 Å². The Hall–Kier alpha value is -3.27. The van der Waals surface area contributed by atoms with Crippen molar-refractivity contribution in [3.63, 3.8) is 0 Å². The molecule has 0 saturated carbocycles. The molecule has 0 spiro atoms. The molecule has 0 fully saturated rings. The number of carbonyl (C=O) groups is 2. The monoisotopic (exact) mass is 343 g/mol. The Kier molecular flexibility index (Phi) is 5.79. The summed E-state index contributed by atoms with van der Waals surface area (Å²) in [6.07, 6.45) is -0.489. The van der Waals surface area contributed by atoms with Crippen LogP contribution in [0.4, 0.5) is 8.78 Å².